The molecule has 0 aliphatic heterocycles. The zero-order valence-corrected chi connectivity index (χ0v) is 13.5. The lowest BCUT2D eigenvalue weighted by atomic mass is 10.4. The fourth-order valence-electron chi connectivity index (χ4n) is 1.20. The molecule has 0 bridgehead atoms. The highest BCUT2D eigenvalue weighted by Gasteiger charge is 2.06. The molecule has 0 aliphatic rings. The van der Waals surface area contributed by atoms with Crippen LogP contribution in [-0.4, -0.2) is 40.8 Å². The first-order valence-electron chi connectivity index (χ1n) is 5.63. The van der Waals surface area contributed by atoms with Crippen LogP contribution in [0.15, 0.2) is 23.1 Å². The lowest BCUT2D eigenvalue weighted by molar-refractivity contribution is -0.133. The van der Waals surface area contributed by atoms with Gasteiger partial charge in [-0.15, -0.1) is 23.5 Å². The first kappa shape index (κ1) is 17.5. The number of amides is 1. The van der Waals surface area contributed by atoms with Crippen LogP contribution in [0.4, 0.5) is 0 Å². The number of rotatable bonds is 8. The molecule has 2 N–H and O–H groups in total. The predicted octanol–water partition coefficient (Wildman–Crippen LogP) is 3.02. The molecule has 0 aliphatic carbocycles. The van der Waals surface area contributed by atoms with E-state index < -0.39 is 5.97 Å². The maximum Gasteiger partial charge on any atom is 0.313 e. The van der Waals surface area contributed by atoms with Gasteiger partial charge in [-0.05, 0) is 18.2 Å². The molecule has 0 radical (unpaired) electrons. The van der Waals surface area contributed by atoms with E-state index in [2.05, 4.69) is 5.32 Å². The summed E-state index contributed by atoms with van der Waals surface area (Å²) in [7, 11) is 0. The van der Waals surface area contributed by atoms with Crippen LogP contribution in [0.1, 0.15) is 0 Å². The SMILES string of the molecule is O=C(O)CSCCNC(=O)CSc1cc(Cl)ccc1Cl. The van der Waals surface area contributed by atoms with Gasteiger partial charge in [0.2, 0.25) is 5.91 Å². The van der Waals surface area contributed by atoms with Gasteiger partial charge in [-0.2, -0.15) is 0 Å². The van der Waals surface area contributed by atoms with E-state index in [0.717, 1.165) is 4.90 Å². The Balaban J connectivity index is 2.23. The summed E-state index contributed by atoms with van der Waals surface area (Å²) in [6.45, 7) is 0.445. The van der Waals surface area contributed by atoms with Gasteiger partial charge in [0.15, 0.2) is 0 Å². The second-order valence-electron chi connectivity index (χ2n) is 3.66. The molecule has 0 aromatic heterocycles. The fourth-order valence-corrected chi connectivity index (χ4v) is 3.09. The first-order chi connectivity index (χ1) is 9.49. The van der Waals surface area contributed by atoms with Crippen molar-refractivity contribution in [3.8, 4) is 0 Å². The minimum Gasteiger partial charge on any atom is -0.481 e. The van der Waals surface area contributed by atoms with Crippen molar-refractivity contribution in [1.29, 1.82) is 0 Å². The zero-order valence-electron chi connectivity index (χ0n) is 10.4. The van der Waals surface area contributed by atoms with Gasteiger partial charge in [-0.1, -0.05) is 23.2 Å². The number of benzene rings is 1. The fraction of sp³-hybridized carbons (Fsp3) is 0.333. The molecule has 20 heavy (non-hydrogen) atoms. The lowest BCUT2D eigenvalue weighted by Crippen LogP contribution is -2.27. The molecule has 0 unspecified atom stereocenters. The van der Waals surface area contributed by atoms with Crippen molar-refractivity contribution in [3.63, 3.8) is 0 Å². The lowest BCUT2D eigenvalue weighted by Gasteiger charge is -2.06. The van der Waals surface area contributed by atoms with E-state index >= 15 is 0 Å². The second kappa shape index (κ2) is 9.39. The maximum atomic E-state index is 11.6. The number of hydrogen-bond acceptors (Lipinski definition) is 4. The van der Waals surface area contributed by atoms with Gasteiger partial charge in [-0.3, -0.25) is 9.59 Å². The quantitative estimate of drug-likeness (QED) is 0.555. The van der Waals surface area contributed by atoms with Crippen molar-refractivity contribution in [2.45, 2.75) is 4.90 Å². The van der Waals surface area contributed by atoms with E-state index in [4.69, 9.17) is 28.3 Å². The topological polar surface area (TPSA) is 66.4 Å². The molecule has 0 saturated carbocycles. The predicted molar refractivity (Wildman–Crippen MR) is 85.2 cm³/mol. The van der Waals surface area contributed by atoms with E-state index in [0.29, 0.717) is 22.3 Å². The first-order valence-corrected chi connectivity index (χ1v) is 8.52. The highest BCUT2D eigenvalue weighted by atomic mass is 35.5. The second-order valence-corrected chi connectivity index (χ2v) is 6.63. The summed E-state index contributed by atoms with van der Waals surface area (Å²) in [5.41, 5.74) is 0. The van der Waals surface area contributed by atoms with E-state index in [1.165, 1.54) is 23.5 Å². The van der Waals surface area contributed by atoms with Gasteiger partial charge < -0.3 is 10.4 Å². The number of carboxylic acid groups (broad SMARTS) is 1. The molecule has 8 heteroatoms. The van der Waals surface area contributed by atoms with Gasteiger partial charge in [0, 0.05) is 22.2 Å². The number of hydrogen-bond donors (Lipinski definition) is 2. The highest BCUT2D eigenvalue weighted by Crippen LogP contribution is 2.29. The molecule has 1 rings (SSSR count). The van der Waals surface area contributed by atoms with Crippen LogP contribution in [0.25, 0.3) is 0 Å². The molecular weight excluding hydrogens is 341 g/mol. The Morgan fingerprint density at radius 1 is 1.25 bits per heavy atom. The summed E-state index contributed by atoms with van der Waals surface area (Å²) >= 11 is 14.4. The van der Waals surface area contributed by atoms with Gasteiger partial charge >= 0.3 is 5.97 Å². The third kappa shape index (κ3) is 7.28. The maximum absolute atomic E-state index is 11.6. The average molecular weight is 354 g/mol. The van der Waals surface area contributed by atoms with Crippen molar-refractivity contribution >= 4 is 58.6 Å². The van der Waals surface area contributed by atoms with Crippen LogP contribution < -0.4 is 5.32 Å². The molecule has 1 aromatic carbocycles. The van der Waals surface area contributed by atoms with E-state index in [1.807, 2.05) is 0 Å². The molecule has 110 valence electrons. The third-order valence-electron chi connectivity index (χ3n) is 2.05. The molecule has 0 heterocycles. The number of nitrogens with one attached hydrogen (secondary N) is 1. The Bertz CT molecular complexity index is 486. The summed E-state index contributed by atoms with van der Waals surface area (Å²) in [6, 6.07) is 5.09. The Hall–Kier alpha value is -0.560. The summed E-state index contributed by atoms with van der Waals surface area (Å²) in [4.78, 5) is 22.6. The standard InChI is InChI=1S/C12H13Cl2NO3S2/c13-8-1-2-9(14)10(5-8)20-6-11(16)15-3-4-19-7-12(17)18/h1-2,5H,3-4,6-7H2,(H,15,16)(H,17,18). The summed E-state index contributed by atoms with van der Waals surface area (Å²) in [6.07, 6.45) is 0. The van der Waals surface area contributed by atoms with E-state index in [-0.39, 0.29) is 17.4 Å². The molecule has 0 spiro atoms. The molecule has 0 saturated heterocycles. The number of halogens is 2. The van der Waals surface area contributed by atoms with Crippen LogP contribution in [0.2, 0.25) is 10.0 Å². The van der Waals surface area contributed by atoms with Crippen molar-refractivity contribution in [3.05, 3.63) is 28.2 Å². The normalized spacial score (nSPS) is 10.3. The molecule has 1 aromatic rings. The number of carboxylic acids is 1. The third-order valence-corrected chi connectivity index (χ3v) is 4.72. The van der Waals surface area contributed by atoms with E-state index in [1.54, 1.807) is 18.2 Å². The zero-order chi connectivity index (χ0) is 15.0. The van der Waals surface area contributed by atoms with Gasteiger partial charge in [-0.25, -0.2) is 0 Å². The largest absolute Gasteiger partial charge is 0.481 e. The van der Waals surface area contributed by atoms with Crippen LogP contribution in [0.3, 0.4) is 0 Å². The Morgan fingerprint density at radius 2 is 2.00 bits per heavy atom. The summed E-state index contributed by atoms with van der Waals surface area (Å²) < 4.78 is 0. The van der Waals surface area contributed by atoms with Crippen molar-refractivity contribution in [2.75, 3.05) is 23.8 Å². The van der Waals surface area contributed by atoms with Crippen LogP contribution >= 0.6 is 46.7 Å². The van der Waals surface area contributed by atoms with Gasteiger partial charge in [0.1, 0.15) is 0 Å². The Morgan fingerprint density at radius 3 is 2.70 bits per heavy atom. The number of carbonyl (C=O) groups is 2. The smallest absolute Gasteiger partial charge is 0.313 e. The molecule has 4 nitrogen and oxygen atoms in total. The van der Waals surface area contributed by atoms with Gasteiger partial charge in [0.05, 0.1) is 16.5 Å². The van der Waals surface area contributed by atoms with Gasteiger partial charge in [0.25, 0.3) is 0 Å². The van der Waals surface area contributed by atoms with Crippen molar-refractivity contribution < 1.29 is 14.7 Å². The molecule has 0 atom stereocenters. The average Bonchev–Trinajstić information content (AvgIpc) is 2.39. The monoisotopic (exact) mass is 353 g/mol. The minimum atomic E-state index is -0.854. The Labute approximate surface area is 135 Å². The minimum absolute atomic E-state index is 0.0444. The molecule has 1 amide bonds. The summed E-state index contributed by atoms with van der Waals surface area (Å²) in [5, 5.41) is 12.3. The Kier molecular flexibility index (Phi) is 8.21. The van der Waals surface area contributed by atoms with Crippen LogP contribution in [0, 0.1) is 0 Å². The highest BCUT2D eigenvalue weighted by molar-refractivity contribution is 8.00. The number of carbonyl (C=O) groups excluding carboxylic acids is 1. The van der Waals surface area contributed by atoms with Crippen LogP contribution in [-0.2, 0) is 9.59 Å². The molecule has 0 fully saturated rings. The molecular formula is C12H13Cl2NO3S2. The van der Waals surface area contributed by atoms with E-state index in [9.17, 15) is 9.59 Å². The van der Waals surface area contributed by atoms with Crippen LogP contribution in [0.5, 0.6) is 0 Å². The number of aliphatic carboxylic acids is 1. The van der Waals surface area contributed by atoms with Crippen molar-refractivity contribution in [1.82, 2.24) is 5.32 Å². The summed E-state index contributed by atoms with van der Waals surface area (Å²) in [5.74, 6) is -0.123. The number of thioether (sulfide) groups is 2. The van der Waals surface area contributed by atoms with Crippen molar-refractivity contribution in [2.24, 2.45) is 0 Å².